The Bertz CT molecular complexity index is 757. The van der Waals surface area contributed by atoms with E-state index in [-0.39, 0.29) is 24.3 Å². The summed E-state index contributed by atoms with van der Waals surface area (Å²) in [5.74, 6) is 1.40. The zero-order valence-electron chi connectivity index (χ0n) is 16.4. The first-order valence-electron chi connectivity index (χ1n) is 9.06. The first kappa shape index (κ1) is 21.1. The summed E-state index contributed by atoms with van der Waals surface area (Å²) in [6, 6.07) is 14.2. The summed E-state index contributed by atoms with van der Waals surface area (Å²) in [5, 5.41) is 5.34. The van der Waals surface area contributed by atoms with Gasteiger partial charge in [-0.25, -0.2) is 0 Å². The smallest absolute Gasteiger partial charge is 0.233 e. The van der Waals surface area contributed by atoms with Gasteiger partial charge in [0, 0.05) is 5.69 Å². The molecule has 2 amide bonds. The van der Waals surface area contributed by atoms with E-state index < -0.39 is 0 Å². The van der Waals surface area contributed by atoms with Gasteiger partial charge in [0.25, 0.3) is 0 Å². The highest BCUT2D eigenvalue weighted by Crippen LogP contribution is 2.17. The molecule has 0 bridgehead atoms. The van der Waals surface area contributed by atoms with Crippen LogP contribution >= 0.6 is 0 Å². The minimum atomic E-state index is -0.383. The van der Waals surface area contributed by atoms with E-state index in [9.17, 15) is 9.59 Å². The van der Waals surface area contributed by atoms with E-state index in [2.05, 4.69) is 10.6 Å². The summed E-state index contributed by atoms with van der Waals surface area (Å²) in [6.45, 7) is 4.49. The summed E-state index contributed by atoms with van der Waals surface area (Å²) < 4.78 is 16.1. The monoisotopic (exact) mass is 386 g/mol. The second kappa shape index (κ2) is 10.8. The van der Waals surface area contributed by atoms with Crippen molar-refractivity contribution < 1.29 is 23.8 Å². The topological polar surface area (TPSA) is 85.9 Å². The molecule has 150 valence electrons. The van der Waals surface area contributed by atoms with Crippen LogP contribution < -0.4 is 24.8 Å². The molecule has 0 atom stereocenters. The van der Waals surface area contributed by atoms with Gasteiger partial charge in [0.05, 0.1) is 19.8 Å². The summed E-state index contributed by atoms with van der Waals surface area (Å²) >= 11 is 0. The Labute approximate surface area is 165 Å². The number of anilines is 1. The van der Waals surface area contributed by atoms with Gasteiger partial charge in [0.2, 0.25) is 11.8 Å². The standard InChI is InChI=1S/C21H26N2O5/c1-15(2)28-19-6-4-16(5-7-19)23-21(25)14-20(24)22-12-13-27-18-10-8-17(26-3)9-11-18/h4-11,15H,12-14H2,1-3H3,(H,22,24)(H,23,25). The lowest BCUT2D eigenvalue weighted by Crippen LogP contribution is -2.31. The molecule has 28 heavy (non-hydrogen) atoms. The number of methoxy groups -OCH3 is 1. The third-order valence-corrected chi connectivity index (χ3v) is 3.58. The minimum Gasteiger partial charge on any atom is -0.497 e. The van der Waals surface area contributed by atoms with Crippen LogP contribution in [0.1, 0.15) is 20.3 Å². The number of ether oxygens (including phenoxy) is 3. The summed E-state index contributed by atoms with van der Waals surface area (Å²) in [5.41, 5.74) is 0.608. The van der Waals surface area contributed by atoms with Gasteiger partial charge in [-0.2, -0.15) is 0 Å². The van der Waals surface area contributed by atoms with Gasteiger partial charge in [0.15, 0.2) is 0 Å². The molecular weight excluding hydrogens is 360 g/mol. The molecule has 0 aliphatic heterocycles. The number of benzene rings is 2. The van der Waals surface area contributed by atoms with Crippen LogP contribution in [0.2, 0.25) is 0 Å². The lowest BCUT2D eigenvalue weighted by atomic mass is 10.3. The molecule has 0 aromatic heterocycles. The van der Waals surface area contributed by atoms with Crippen LogP contribution in [0, 0.1) is 0 Å². The first-order chi connectivity index (χ1) is 13.5. The van der Waals surface area contributed by atoms with Gasteiger partial charge in [0.1, 0.15) is 30.3 Å². The van der Waals surface area contributed by atoms with Gasteiger partial charge in [-0.15, -0.1) is 0 Å². The van der Waals surface area contributed by atoms with Crippen LogP contribution in [-0.4, -0.2) is 38.2 Å². The number of amides is 2. The van der Waals surface area contributed by atoms with Crippen LogP contribution in [0.15, 0.2) is 48.5 Å². The highest BCUT2D eigenvalue weighted by atomic mass is 16.5. The summed E-state index contributed by atoms with van der Waals surface area (Å²) in [7, 11) is 1.60. The summed E-state index contributed by atoms with van der Waals surface area (Å²) in [4.78, 5) is 23.8. The van der Waals surface area contributed by atoms with E-state index in [1.807, 2.05) is 13.8 Å². The zero-order valence-corrected chi connectivity index (χ0v) is 16.4. The SMILES string of the molecule is COc1ccc(OCCNC(=O)CC(=O)Nc2ccc(OC(C)C)cc2)cc1. The number of carbonyl (C=O) groups excluding carboxylic acids is 2. The number of hydrogen-bond donors (Lipinski definition) is 2. The molecule has 0 aliphatic rings. The number of hydrogen-bond acceptors (Lipinski definition) is 5. The number of rotatable bonds is 10. The van der Waals surface area contributed by atoms with E-state index in [1.165, 1.54) is 0 Å². The fourth-order valence-electron chi connectivity index (χ4n) is 2.33. The Hall–Kier alpha value is -3.22. The molecule has 7 heteroatoms. The minimum absolute atomic E-state index is 0.0813. The molecule has 0 unspecified atom stereocenters. The van der Waals surface area contributed by atoms with Crippen molar-refractivity contribution in [3.05, 3.63) is 48.5 Å². The highest BCUT2D eigenvalue weighted by molar-refractivity contribution is 6.03. The van der Waals surface area contributed by atoms with Crippen molar-refractivity contribution in [1.82, 2.24) is 5.32 Å². The lowest BCUT2D eigenvalue weighted by molar-refractivity contribution is -0.126. The molecule has 0 fully saturated rings. The van der Waals surface area contributed by atoms with Crippen molar-refractivity contribution in [2.45, 2.75) is 26.4 Å². The van der Waals surface area contributed by atoms with Crippen LogP contribution in [-0.2, 0) is 9.59 Å². The molecule has 0 heterocycles. The average Bonchev–Trinajstić information content (AvgIpc) is 2.67. The van der Waals surface area contributed by atoms with Crippen LogP contribution in [0.3, 0.4) is 0 Å². The normalized spacial score (nSPS) is 10.3. The third kappa shape index (κ3) is 7.57. The fraction of sp³-hybridized carbons (Fsp3) is 0.333. The van der Waals surface area contributed by atoms with Gasteiger partial charge >= 0.3 is 0 Å². The van der Waals surface area contributed by atoms with E-state index in [1.54, 1.807) is 55.6 Å². The van der Waals surface area contributed by atoms with Crippen molar-refractivity contribution >= 4 is 17.5 Å². The van der Waals surface area contributed by atoms with Crippen molar-refractivity contribution in [2.75, 3.05) is 25.6 Å². The first-order valence-corrected chi connectivity index (χ1v) is 9.06. The Kier molecular flexibility index (Phi) is 8.14. The molecule has 2 aromatic carbocycles. The van der Waals surface area contributed by atoms with E-state index in [0.717, 1.165) is 11.5 Å². The molecule has 2 N–H and O–H groups in total. The quantitative estimate of drug-likeness (QED) is 0.484. The molecular formula is C21H26N2O5. The zero-order chi connectivity index (χ0) is 20.4. The van der Waals surface area contributed by atoms with E-state index in [4.69, 9.17) is 14.2 Å². The van der Waals surface area contributed by atoms with Crippen LogP contribution in [0.4, 0.5) is 5.69 Å². The van der Waals surface area contributed by atoms with Gasteiger partial charge < -0.3 is 24.8 Å². The predicted octanol–water partition coefficient (Wildman–Crippen LogP) is 3.01. The maximum absolute atomic E-state index is 12.0. The molecule has 0 saturated carbocycles. The predicted molar refractivity (Wildman–Crippen MR) is 107 cm³/mol. The molecule has 0 aliphatic carbocycles. The van der Waals surface area contributed by atoms with E-state index >= 15 is 0 Å². The van der Waals surface area contributed by atoms with Gasteiger partial charge in [-0.1, -0.05) is 0 Å². The van der Waals surface area contributed by atoms with Crippen LogP contribution in [0.5, 0.6) is 17.2 Å². The second-order valence-corrected chi connectivity index (χ2v) is 6.29. The maximum atomic E-state index is 12.0. The Balaban J connectivity index is 1.65. The average molecular weight is 386 g/mol. The molecule has 0 saturated heterocycles. The highest BCUT2D eigenvalue weighted by Gasteiger charge is 2.09. The maximum Gasteiger partial charge on any atom is 0.233 e. The summed E-state index contributed by atoms with van der Waals surface area (Å²) in [6.07, 6.45) is -0.176. The van der Waals surface area contributed by atoms with Crippen molar-refractivity contribution in [1.29, 1.82) is 0 Å². The van der Waals surface area contributed by atoms with Gasteiger partial charge in [-0.05, 0) is 62.4 Å². The Morgan fingerprint density at radius 1 is 0.893 bits per heavy atom. The van der Waals surface area contributed by atoms with E-state index in [0.29, 0.717) is 24.6 Å². The Morgan fingerprint density at radius 2 is 1.50 bits per heavy atom. The number of nitrogens with one attached hydrogen (secondary N) is 2. The fourth-order valence-corrected chi connectivity index (χ4v) is 2.33. The largest absolute Gasteiger partial charge is 0.497 e. The number of carbonyl (C=O) groups is 2. The molecule has 2 rings (SSSR count). The Morgan fingerprint density at radius 3 is 2.11 bits per heavy atom. The molecule has 0 spiro atoms. The third-order valence-electron chi connectivity index (χ3n) is 3.58. The second-order valence-electron chi connectivity index (χ2n) is 6.29. The molecule has 2 aromatic rings. The van der Waals surface area contributed by atoms with Crippen molar-refractivity contribution in [3.8, 4) is 17.2 Å². The molecule has 0 radical (unpaired) electrons. The lowest BCUT2D eigenvalue weighted by Gasteiger charge is -2.11. The van der Waals surface area contributed by atoms with Gasteiger partial charge in [-0.3, -0.25) is 9.59 Å². The van der Waals surface area contributed by atoms with Crippen LogP contribution in [0.25, 0.3) is 0 Å². The molecule has 7 nitrogen and oxygen atoms in total. The van der Waals surface area contributed by atoms with Crippen molar-refractivity contribution in [2.24, 2.45) is 0 Å². The van der Waals surface area contributed by atoms with Crippen molar-refractivity contribution in [3.63, 3.8) is 0 Å².